The summed E-state index contributed by atoms with van der Waals surface area (Å²) in [4.78, 5) is 12.7. The van der Waals surface area contributed by atoms with Crippen molar-refractivity contribution in [3.8, 4) is 11.5 Å². The fraction of sp³-hybridized carbons (Fsp3) is 0.316. The van der Waals surface area contributed by atoms with Crippen LogP contribution >= 0.6 is 11.6 Å². The van der Waals surface area contributed by atoms with Crippen molar-refractivity contribution in [2.45, 2.75) is 26.3 Å². The van der Waals surface area contributed by atoms with E-state index in [1.165, 1.54) is 7.11 Å². The van der Waals surface area contributed by atoms with Crippen LogP contribution in [0.4, 0.5) is 0 Å². The molecule has 24 heavy (non-hydrogen) atoms. The first kappa shape index (κ1) is 18.1. The van der Waals surface area contributed by atoms with E-state index < -0.39 is 0 Å². The maximum absolute atomic E-state index is 12.7. The van der Waals surface area contributed by atoms with E-state index in [0.717, 1.165) is 23.3 Å². The van der Waals surface area contributed by atoms with Crippen LogP contribution in [0.3, 0.4) is 0 Å². The Morgan fingerprint density at radius 2 is 1.79 bits per heavy atom. The molecule has 2 rings (SSSR count). The van der Waals surface area contributed by atoms with Crippen molar-refractivity contribution >= 4 is 17.5 Å². The molecule has 2 aromatic carbocycles. The fourth-order valence-electron chi connectivity index (χ4n) is 2.63. The van der Waals surface area contributed by atoms with Crippen LogP contribution in [-0.2, 0) is 0 Å². The highest BCUT2D eigenvalue weighted by Crippen LogP contribution is 2.26. The van der Waals surface area contributed by atoms with Crippen molar-refractivity contribution in [1.82, 2.24) is 5.32 Å². The van der Waals surface area contributed by atoms with E-state index in [9.17, 15) is 4.79 Å². The molecule has 2 aromatic rings. The molecule has 0 aliphatic heterocycles. The van der Waals surface area contributed by atoms with Crippen molar-refractivity contribution in [2.75, 3.05) is 14.2 Å². The lowest BCUT2D eigenvalue weighted by atomic mass is 10.0. The highest BCUT2D eigenvalue weighted by molar-refractivity contribution is 6.31. The van der Waals surface area contributed by atoms with Gasteiger partial charge in [-0.05, 0) is 48.7 Å². The third kappa shape index (κ3) is 4.01. The zero-order chi connectivity index (χ0) is 17.7. The second-order valence-corrected chi connectivity index (χ2v) is 5.94. The summed E-state index contributed by atoms with van der Waals surface area (Å²) in [5.74, 6) is 1.11. The second kappa shape index (κ2) is 8.06. The van der Waals surface area contributed by atoms with E-state index in [0.29, 0.717) is 16.3 Å². The molecule has 0 radical (unpaired) electrons. The van der Waals surface area contributed by atoms with Gasteiger partial charge in [0.25, 0.3) is 5.91 Å². The molecule has 128 valence electrons. The number of amides is 1. The largest absolute Gasteiger partial charge is 0.496 e. The summed E-state index contributed by atoms with van der Waals surface area (Å²) < 4.78 is 10.5. The number of ether oxygens (including phenoxy) is 2. The molecule has 1 atom stereocenters. The van der Waals surface area contributed by atoms with Crippen molar-refractivity contribution < 1.29 is 14.3 Å². The van der Waals surface area contributed by atoms with E-state index in [2.05, 4.69) is 5.32 Å². The quantitative estimate of drug-likeness (QED) is 0.834. The summed E-state index contributed by atoms with van der Waals surface area (Å²) in [5, 5.41) is 3.54. The van der Waals surface area contributed by atoms with Gasteiger partial charge in [0, 0.05) is 5.02 Å². The van der Waals surface area contributed by atoms with E-state index in [4.69, 9.17) is 21.1 Å². The molecule has 0 unspecified atom stereocenters. The van der Waals surface area contributed by atoms with Crippen molar-refractivity contribution in [2.24, 2.45) is 0 Å². The zero-order valence-electron chi connectivity index (χ0n) is 14.4. The Morgan fingerprint density at radius 1 is 1.12 bits per heavy atom. The van der Waals surface area contributed by atoms with E-state index in [1.807, 2.05) is 32.0 Å². The minimum absolute atomic E-state index is 0.106. The lowest BCUT2D eigenvalue weighted by Crippen LogP contribution is -2.28. The molecule has 0 saturated heterocycles. The van der Waals surface area contributed by atoms with Crippen LogP contribution in [0.2, 0.25) is 5.02 Å². The van der Waals surface area contributed by atoms with E-state index in [-0.39, 0.29) is 11.9 Å². The molecule has 1 amide bonds. The minimum Gasteiger partial charge on any atom is -0.496 e. The van der Waals surface area contributed by atoms with Gasteiger partial charge in [-0.15, -0.1) is 0 Å². The summed E-state index contributed by atoms with van der Waals surface area (Å²) in [7, 11) is 3.18. The molecule has 5 heteroatoms. The number of benzene rings is 2. The van der Waals surface area contributed by atoms with Crippen LogP contribution in [0.5, 0.6) is 11.5 Å². The molecule has 4 nitrogen and oxygen atoms in total. The average Bonchev–Trinajstić information content (AvgIpc) is 2.59. The third-order valence-corrected chi connectivity index (χ3v) is 4.18. The van der Waals surface area contributed by atoms with Gasteiger partial charge in [0.2, 0.25) is 0 Å². The molecule has 0 aliphatic rings. The number of hydrogen-bond acceptors (Lipinski definition) is 3. The van der Waals surface area contributed by atoms with Gasteiger partial charge in [-0.1, -0.05) is 30.7 Å². The smallest absolute Gasteiger partial charge is 0.255 e. The molecular formula is C19H22ClNO3. The Kier molecular flexibility index (Phi) is 6.10. The topological polar surface area (TPSA) is 47.6 Å². The maximum Gasteiger partial charge on any atom is 0.255 e. The Morgan fingerprint density at radius 3 is 2.38 bits per heavy atom. The number of halogens is 1. The number of hydrogen-bond donors (Lipinski definition) is 1. The molecule has 0 fully saturated rings. The average molecular weight is 348 g/mol. The molecule has 0 aliphatic carbocycles. The molecule has 0 bridgehead atoms. The highest BCUT2D eigenvalue weighted by Gasteiger charge is 2.18. The first-order valence-electron chi connectivity index (χ1n) is 7.79. The normalized spacial score (nSPS) is 11.7. The summed E-state index contributed by atoms with van der Waals surface area (Å²) in [6, 6.07) is 10.8. The van der Waals surface area contributed by atoms with Crippen LogP contribution < -0.4 is 14.8 Å². The molecular weight excluding hydrogens is 326 g/mol. The van der Waals surface area contributed by atoms with Gasteiger partial charge in [0.1, 0.15) is 11.5 Å². The molecule has 0 saturated carbocycles. The van der Waals surface area contributed by atoms with Crippen molar-refractivity contribution in [3.05, 3.63) is 58.1 Å². The first-order chi connectivity index (χ1) is 11.5. The Balaban J connectivity index is 2.25. The molecule has 0 aromatic heterocycles. The number of nitrogens with one attached hydrogen (secondary N) is 1. The SMILES string of the molecule is CC[C@H](NC(=O)c1cc(Cl)ccc1OC)c1ccc(OC)c(C)c1. The third-order valence-electron chi connectivity index (χ3n) is 3.94. The van der Waals surface area contributed by atoms with Gasteiger partial charge < -0.3 is 14.8 Å². The maximum atomic E-state index is 12.7. The van der Waals surface area contributed by atoms with Gasteiger partial charge in [-0.3, -0.25) is 4.79 Å². The molecule has 0 spiro atoms. The number of aryl methyl sites for hydroxylation is 1. The predicted octanol–water partition coefficient (Wildman–Crippen LogP) is 4.55. The molecule has 0 heterocycles. The number of methoxy groups -OCH3 is 2. The van der Waals surface area contributed by atoms with E-state index >= 15 is 0 Å². The van der Waals surface area contributed by atoms with Crippen LogP contribution in [0.15, 0.2) is 36.4 Å². The monoisotopic (exact) mass is 347 g/mol. The van der Waals surface area contributed by atoms with Gasteiger partial charge >= 0.3 is 0 Å². The standard InChI is InChI=1S/C19H22ClNO3/c1-5-16(13-6-8-17(23-3)12(2)10-13)21-19(22)15-11-14(20)7-9-18(15)24-4/h6-11,16H,5H2,1-4H3,(H,21,22)/t16-/m0/s1. The first-order valence-corrected chi connectivity index (χ1v) is 8.16. The summed E-state index contributed by atoms with van der Waals surface area (Å²) in [5.41, 5.74) is 2.49. The predicted molar refractivity (Wildman–Crippen MR) is 96.2 cm³/mol. The number of carbonyl (C=O) groups excluding carboxylic acids is 1. The number of carbonyl (C=O) groups is 1. The highest BCUT2D eigenvalue weighted by atomic mass is 35.5. The lowest BCUT2D eigenvalue weighted by Gasteiger charge is -2.19. The second-order valence-electron chi connectivity index (χ2n) is 5.51. The summed E-state index contributed by atoms with van der Waals surface area (Å²) >= 11 is 6.01. The van der Waals surface area contributed by atoms with E-state index in [1.54, 1.807) is 25.3 Å². The van der Waals surface area contributed by atoms with Crippen LogP contribution in [-0.4, -0.2) is 20.1 Å². The van der Waals surface area contributed by atoms with Crippen LogP contribution in [0.1, 0.15) is 40.9 Å². The fourth-order valence-corrected chi connectivity index (χ4v) is 2.81. The Labute approximate surface area is 147 Å². The summed E-state index contributed by atoms with van der Waals surface area (Å²) in [6.45, 7) is 4.01. The Bertz CT molecular complexity index is 731. The Hall–Kier alpha value is -2.20. The minimum atomic E-state index is -0.213. The zero-order valence-corrected chi connectivity index (χ0v) is 15.1. The lowest BCUT2D eigenvalue weighted by molar-refractivity contribution is 0.0932. The van der Waals surface area contributed by atoms with Gasteiger partial charge in [0.05, 0.1) is 25.8 Å². The van der Waals surface area contributed by atoms with Gasteiger partial charge in [0.15, 0.2) is 0 Å². The van der Waals surface area contributed by atoms with Crippen molar-refractivity contribution in [1.29, 1.82) is 0 Å². The number of rotatable bonds is 6. The van der Waals surface area contributed by atoms with Gasteiger partial charge in [-0.25, -0.2) is 0 Å². The van der Waals surface area contributed by atoms with Crippen LogP contribution in [0, 0.1) is 6.92 Å². The van der Waals surface area contributed by atoms with Gasteiger partial charge in [-0.2, -0.15) is 0 Å². The van der Waals surface area contributed by atoms with Crippen molar-refractivity contribution in [3.63, 3.8) is 0 Å². The molecule has 1 N–H and O–H groups in total. The summed E-state index contributed by atoms with van der Waals surface area (Å²) in [6.07, 6.45) is 0.764. The van der Waals surface area contributed by atoms with Crippen LogP contribution in [0.25, 0.3) is 0 Å².